The van der Waals surface area contributed by atoms with Crippen LogP contribution in [0.25, 0.3) is 10.9 Å². The van der Waals surface area contributed by atoms with Crippen LogP contribution in [-0.4, -0.2) is 44.3 Å². The molecule has 0 radical (unpaired) electrons. The van der Waals surface area contributed by atoms with Crippen molar-refractivity contribution in [3.05, 3.63) is 68.9 Å². The molecule has 1 aliphatic rings. The van der Waals surface area contributed by atoms with Crippen LogP contribution in [0.2, 0.25) is 0 Å². The molecule has 0 saturated carbocycles. The Morgan fingerprint density at radius 1 is 1.17 bits per heavy atom. The van der Waals surface area contributed by atoms with Crippen LogP contribution < -0.4 is 11.2 Å². The van der Waals surface area contributed by atoms with E-state index in [0.29, 0.717) is 30.6 Å². The van der Waals surface area contributed by atoms with Crippen LogP contribution in [0.15, 0.2) is 46.1 Å². The van der Waals surface area contributed by atoms with Gasteiger partial charge in [0.2, 0.25) is 0 Å². The van der Waals surface area contributed by atoms with Crippen molar-refractivity contribution >= 4 is 10.9 Å². The summed E-state index contributed by atoms with van der Waals surface area (Å²) in [5, 5.41) is 0.616. The van der Waals surface area contributed by atoms with Crippen LogP contribution in [0.1, 0.15) is 30.4 Å². The molecule has 152 valence electrons. The Morgan fingerprint density at radius 3 is 2.79 bits per heavy atom. The predicted molar refractivity (Wildman–Crippen MR) is 110 cm³/mol. The minimum atomic E-state index is -0.265. The van der Waals surface area contributed by atoms with Crippen LogP contribution in [0.3, 0.4) is 0 Å². The average molecular weight is 395 g/mol. The molecule has 0 aliphatic carbocycles. The molecule has 3 aromatic rings. The lowest BCUT2D eigenvalue weighted by atomic mass is 10.1. The van der Waals surface area contributed by atoms with E-state index in [-0.39, 0.29) is 17.3 Å². The lowest BCUT2D eigenvalue weighted by Gasteiger charge is -2.26. The van der Waals surface area contributed by atoms with E-state index in [2.05, 4.69) is 9.88 Å². The highest BCUT2D eigenvalue weighted by atomic mass is 16.5. The Hall–Kier alpha value is -2.84. The molecule has 1 fully saturated rings. The minimum absolute atomic E-state index is 0.00461. The van der Waals surface area contributed by atoms with Crippen LogP contribution >= 0.6 is 0 Å². The number of para-hydroxylation sites is 1. The zero-order chi connectivity index (χ0) is 20.4. The summed E-state index contributed by atoms with van der Waals surface area (Å²) in [4.78, 5) is 36.3. The number of rotatable bonds is 6. The normalized spacial score (nSPS) is 17.2. The van der Waals surface area contributed by atoms with Gasteiger partial charge >= 0.3 is 5.69 Å². The summed E-state index contributed by atoms with van der Waals surface area (Å²) in [5.74, 6) is 0.757. The monoisotopic (exact) mass is 395 g/mol. The number of hydrogen-bond donors (Lipinski definition) is 0. The van der Waals surface area contributed by atoms with E-state index < -0.39 is 0 Å². The quantitative estimate of drug-likeness (QED) is 0.629. The van der Waals surface area contributed by atoms with Gasteiger partial charge in [-0.2, -0.15) is 4.98 Å². The molecule has 4 rings (SSSR count). The van der Waals surface area contributed by atoms with Gasteiger partial charge < -0.3 is 9.30 Å². The van der Waals surface area contributed by atoms with Gasteiger partial charge in [-0.15, -0.1) is 0 Å². The Kier molecular flexibility index (Phi) is 5.55. The molecule has 0 amide bonds. The Balaban J connectivity index is 1.74. The maximum absolute atomic E-state index is 13.2. The first-order valence-corrected chi connectivity index (χ1v) is 9.83. The predicted octanol–water partition coefficient (Wildman–Crippen LogP) is 1.47. The molecule has 29 heavy (non-hydrogen) atoms. The van der Waals surface area contributed by atoms with Gasteiger partial charge in [0.15, 0.2) is 0 Å². The van der Waals surface area contributed by atoms with Gasteiger partial charge in [0, 0.05) is 26.9 Å². The van der Waals surface area contributed by atoms with E-state index in [9.17, 15) is 9.59 Å². The van der Waals surface area contributed by atoms with Gasteiger partial charge in [0.05, 0.1) is 35.8 Å². The summed E-state index contributed by atoms with van der Waals surface area (Å²) < 4.78 is 8.43. The molecule has 1 saturated heterocycles. The number of aryl methyl sites for hydroxylation is 1. The second-order valence-electron chi connectivity index (χ2n) is 7.38. The van der Waals surface area contributed by atoms with Crippen molar-refractivity contribution < 1.29 is 4.74 Å². The summed E-state index contributed by atoms with van der Waals surface area (Å²) in [6, 6.07) is 9.30. The van der Waals surface area contributed by atoms with E-state index in [1.807, 2.05) is 30.3 Å². The van der Waals surface area contributed by atoms with Crippen molar-refractivity contribution in [1.29, 1.82) is 0 Å². The van der Waals surface area contributed by atoms with E-state index in [1.54, 1.807) is 24.9 Å². The maximum atomic E-state index is 13.2. The van der Waals surface area contributed by atoms with Gasteiger partial charge in [-0.05, 0) is 37.6 Å². The number of fused-ring (bicyclic) bond motifs is 1. The molecule has 0 spiro atoms. The third kappa shape index (κ3) is 3.86. The summed E-state index contributed by atoms with van der Waals surface area (Å²) in [7, 11) is 3.31. The summed E-state index contributed by atoms with van der Waals surface area (Å²) >= 11 is 0. The van der Waals surface area contributed by atoms with Crippen molar-refractivity contribution in [2.75, 3.05) is 20.3 Å². The lowest BCUT2D eigenvalue weighted by molar-refractivity contribution is 0.178. The highest BCUT2D eigenvalue weighted by Gasteiger charge is 2.30. The number of ether oxygens (including phenoxy) is 1. The molecule has 1 aromatic carbocycles. The van der Waals surface area contributed by atoms with Crippen molar-refractivity contribution in [3.63, 3.8) is 0 Å². The molecule has 8 heteroatoms. The van der Waals surface area contributed by atoms with Crippen LogP contribution in [0.4, 0.5) is 0 Å². The molecule has 1 atom stereocenters. The standard InChI is InChI=1S/C21H25N5O3/c1-24-11-9-15(22-21(24)28)14-25-10-5-8-18(25)19-23-17-7-4-3-6-16(17)20(27)26(19)12-13-29-2/h3-4,6-7,9,11,18H,5,8,10,12-14H2,1-2H3. The maximum Gasteiger partial charge on any atom is 0.347 e. The summed E-state index contributed by atoms with van der Waals surface area (Å²) in [5.41, 5.74) is 1.13. The first-order chi connectivity index (χ1) is 14.1. The van der Waals surface area contributed by atoms with Gasteiger partial charge in [0.1, 0.15) is 5.82 Å². The Labute approximate surface area is 168 Å². The fourth-order valence-electron chi connectivity index (χ4n) is 3.94. The molecule has 0 N–H and O–H groups in total. The molecule has 2 aromatic heterocycles. The minimum Gasteiger partial charge on any atom is -0.383 e. The zero-order valence-electron chi connectivity index (χ0n) is 16.7. The van der Waals surface area contributed by atoms with Gasteiger partial charge in [-0.3, -0.25) is 14.3 Å². The second kappa shape index (κ2) is 8.26. The zero-order valence-corrected chi connectivity index (χ0v) is 16.7. The van der Waals surface area contributed by atoms with Crippen molar-refractivity contribution in [2.24, 2.45) is 7.05 Å². The number of hydrogen-bond acceptors (Lipinski definition) is 6. The van der Waals surface area contributed by atoms with Crippen LogP contribution in [-0.2, 0) is 24.9 Å². The third-order valence-electron chi connectivity index (χ3n) is 5.47. The highest BCUT2D eigenvalue weighted by molar-refractivity contribution is 5.77. The van der Waals surface area contributed by atoms with Crippen molar-refractivity contribution in [2.45, 2.75) is 32.0 Å². The van der Waals surface area contributed by atoms with Gasteiger partial charge in [0.25, 0.3) is 5.56 Å². The van der Waals surface area contributed by atoms with Crippen LogP contribution in [0, 0.1) is 0 Å². The first kappa shape index (κ1) is 19.5. The first-order valence-electron chi connectivity index (χ1n) is 9.83. The van der Waals surface area contributed by atoms with Gasteiger partial charge in [-0.25, -0.2) is 9.78 Å². The van der Waals surface area contributed by atoms with Crippen LogP contribution in [0.5, 0.6) is 0 Å². The van der Waals surface area contributed by atoms with E-state index in [1.165, 1.54) is 4.57 Å². The largest absolute Gasteiger partial charge is 0.383 e. The van der Waals surface area contributed by atoms with E-state index >= 15 is 0 Å². The van der Waals surface area contributed by atoms with E-state index in [4.69, 9.17) is 9.72 Å². The highest BCUT2D eigenvalue weighted by Crippen LogP contribution is 2.32. The average Bonchev–Trinajstić information content (AvgIpc) is 3.18. The van der Waals surface area contributed by atoms with Gasteiger partial charge in [-0.1, -0.05) is 12.1 Å². The lowest BCUT2D eigenvalue weighted by Crippen LogP contribution is -2.33. The van der Waals surface area contributed by atoms with E-state index in [0.717, 1.165) is 30.9 Å². The van der Waals surface area contributed by atoms with Crippen molar-refractivity contribution in [1.82, 2.24) is 24.0 Å². The SMILES string of the molecule is COCCn1c(C2CCCN2Cc2ccn(C)c(=O)n2)nc2ccccc2c1=O. The fraction of sp³-hybridized carbons (Fsp3) is 0.429. The molecule has 1 aliphatic heterocycles. The molecular weight excluding hydrogens is 370 g/mol. The number of methoxy groups -OCH3 is 1. The second-order valence-corrected chi connectivity index (χ2v) is 7.38. The number of nitrogens with zero attached hydrogens (tertiary/aromatic N) is 5. The molecular formula is C21H25N5O3. The number of aromatic nitrogens is 4. The molecule has 3 heterocycles. The molecule has 0 bridgehead atoms. The molecule has 1 unspecified atom stereocenters. The van der Waals surface area contributed by atoms with Crippen molar-refractivity contribution in [3.8, 4) is 0 Å². The Bertz CT molecular complexity index is 1140. The third-order valence-corrected chi connectivity index (χ3v) is 5.47. The fourth-order valence-corrected chi connectivity index (χ4v) is 3.94. The molecule has 8 nitrogen and oxygen atoms in total. The summed E-state index contributed by atoms with van der Waals surface area (Å²) in [6.07, 6.45) is 3.64. The summed E-state index contributed by atoms with van der Waals surface area (Å²) in [6.45, 7) is 2.31. The number of benzene rings is 1. The topological polar surface area (TPSA) is 82.2 Å². The Morgan fingerprint density at radius 2 is 2.00 bits per heavy atom. The number of likely N-dealkylation sites (tertiary alicyclic amines) is 1. The smallest absolute Gasteiger partial charge is 0.347 e.